The van der Waals surface area contributed by atoms with Crippen molar-refractivity contribution in [3.8, 4) is 11.4 Å². The molecule has 2 aromatic rings. The monoisotopic (exact) mass is 211 g/mol. The molecule has 1 aliphatic heterocycles. The van der Waals surface area contributed by atoms with E-state index < -0.39 is 0 Å². The molecule has 1 aromatic heterocycles. The molecule has 2 aliphatic rings. The van der Waals surface area contributed by atoms with Gasteiger partial charge in [0.25, 0.3) is 0 Å². The van der Waals surface area contributed by atoms with Crippen molar-refractivity contribution in [2.75, 3.05) is 0 Å². The molecule has 1 aliphatic carbocycles. The smallest absolute Gasteiger partial charge is 0.140 e. The number of fused-ring (bicyclic) bond motifs is 3. The van der Waals surface area contributed by atoms with E-state index in [2.05, 4.69) is 33.8 Å². The average Bonchev–Trinajstić information content (AvgIpc) is 2.78. The minimum Gasteiger partial charge on any atom is -0.322 e. The van der Waals surface area contributed by atoms with Gasteiger partial charge in [0.1, 0.15) is 5.82 Å². The molecule has 3 heteroatoms. The SMILES string of the molecule is NC1(c2cnc3n2Cc2ccccc2-3)CC1. The number of aromatic nitrogens is 2. The van der Waals surface area contributed by atoms with E-state index >= 15 is 0 Å². The van der Waals surface area contributed by atoms with E-state index in [0.717, 1.165) is 25.2 Å². The van der Waals surface area contributed by atoms with Crippen LogP contribution in [0.3, 0.4) is 0 Å². The van der Waals surface area contributed by atoms with Gasteiger partial charge in [-0.15, -0.1) is 0 Å². The van der Waals surface area contributed by atoms with E-state index in [4.69, 9.17) is 5.73 Å². The molecular formula is C13H13N3. The predicted molar refractivity (Wildman–Crippen MR) is 61.9 cm³/mol. The number of nitrogens with two attached hydrogens (primary N) is 1. The van der Waals surface area contributed by atoms with Crippen LogP contribution >= 0.6 is 0 Å². The minimum absolute atomic E-state index is 0.0900. The molecule has 1 saturated carbocycles. The first kappa shape index (κ1) is 8.53. The molecule has 0 spiro atoms. The van der Waals surface area contributed by atoms with Gasteiger partial charge in [0.05, 0.1) is 24.0 Å². The van der Waals surface area contributed by atoms with Gasteiger partial charge in [0, 0.05) is 5.56 Å². The van der Waals surface area contributed by atoms with E-state index in [1.165, 1.54) is 16.8 Å². The highest BCUT2D eigenvalue weighted by Crippen LogP contribution is 2.45. The Bertz CT molecular complexity index is 579. The molecule has 2 N–H and O–H groups in total. The van der Waals surface area contributed by atoms with Crippen LogP contribution < -0.4 is 5.73 Å². The van der Waals surface area contributed by atoms with E-state index in [9.17, 15) is 0 Å². The Morgan fingerprint density at radius 3 is 2.88 bits per heavy atom. The average molecular weight is 211 g/mol. The van der Waals surface area contributed by atoms with Crippen LogP contribution in [-0.2, 0) is 12.1 Å². The zero-order chi connectivity index (χ0) is 10.8. The van der Waals surface area contributed by atoms with Crippen molar-refractivity contribution in [1.82, 2.24) is 9.55 Å². The van der Waals surface area contributed by atoms with E-state index in [1.54, 1.807) is 0 Å². The molecule has 16 heavy (non-hydrogen) atoms. The van der Waals surface area contributed by atoms with Crippen molar-refractivity contribution in [2.45, 2.75) is 24.9 Å². The van der Waals surface area contributed by atoms with Crippen LogP contribution in [0, 0.1) is 0 Å². The summed E-state index contributed by atoms with van der Waals surface area (Å²) in [6, 6.07) is 8.46. The van der Waals surface area contributed by atoms with Gasteiger partial charge >= 0.3 is 0 Å². The first-order valence-corrected chi connectivity index (χ1v) is 5.71. The highest BCUT2D eigenvalue weighted by molar-refractivity contribution is 5.65. The lowest BCUT2D eigenvalue weighted by Crippen LogP contribution is -2.22. The van der Waals surface area contributed by atoms with Crippen LogP contribution in [0.2, 0.25) is 0 Å². The summed E-state index contributed by atoms with van der Waals surface area (Å²) in [5.74, 6) is 1.09. The topological polar surface area (TPSA) is 43.8 Å². The third-order valence-electron chi connectivity index (χ3n) is 3.74. The van der Waals surface area contributed by atoms with Crippen LogP contribution in [0.4, 0.5) is 0 Å². The van der Waals surface area contributed by atoms with Crippen LogP contribution in [0.15, 0.2) is 30.5 Å². The van der Waals surface area contributed by atoms with Gasteiger partial charge in [-0.25, -0.2) is 4.98 Å². The maximum absolute atomic E-state index is 6.26. The summed E-state index contributed by atoms with van der Waals surface area (Å²) in [5, 5.41) is 0. The Kier molecular flexibility index (Phi) is 1.36. The fraction of sp³-hybridized carbons (Fsp3) is 0.308. The molecule has 4 rings (SSSR count). The lowest BCUT2D eigenvalue weighted by atomic mass is 10.1. The van der Waals surface area contributed by atoms with Gasteiger partial charge in [-0.2, -0.15) is 0 Å². The molecule has 1 aromatic carbocycles. The predicted octanol–water partition coefficient (Wildman–Crippen LogP) is 1.86. The third kappa shape index (κ3) is 0.938. The van der Waals surface area contributed by atoms with Gasteiger partial charge in [0.15, 0.2) is 0 Å². The summed E-state index contributed by atoms with van der Waals surface area (Å²) < 4.78 is 2.28. The Balaban J connectivity index is 1.92. The Labute approximate surface area is 93.9 Å². The van der Waals surface area contributed by atoms with Gasteiger partial charge in [0.2, 0.25) is 0 Å². The molecule has 2 heterocycles. The number of nitrogens with zero attached hydrogens (tertiary/aromatic N) is 2. The number of rotatable bonds is 1. The summed E-state index contributed by atoms with van der Waals surface area (Å²) in [6.45, 7) is 0.930. The lowest BCUT2D eigenvalue weighted by Gasteiger charge is -2.10. The first-order chi connectivity index (χ1) is 7.78. The second-order valence-electron chi connectivity index (χ2n) is 4.87. The van der Waals surface area contributed by atoms with Crippen LogP contribution in [0.1, 0.15) is 24.1 Å². The highest BCUT2D eigenvalue weighted by atomic mass is 15.1. The standard InChI is InChI=1S/C13H13N3/c14-13(5-6-13)11-7-15-12-10-4-2-1-3-9(10)8-16(11)12/h1-4,7H,5-6,8,14H2. The Morgan fingerprint density at radius 2 is 2.06 bits per heavy atom. The zero-order valence-corrected chi connectivity index (χ0v) is 8.98. The van der Waals surface area contributed by atoms with Crippen molar-refractivity contribution in [3.63, 3.8) is 0 Å². The summed E-state index contributed by atoms with van der Waals surface area (Å²) in [6.07, 6.45) is 4.14. The van der Waals surface area contributed by atoms with Gasteiger partial charge in [-0.3, -0.25) is 0 Å². The fourth-order valence-corrected chi connectivity index (χ4v) is 2.59. The first-order valence-electron chi connectivity index (χ1n) is 5.71. The molecule has 3 nitrogen and oxygen atoms in total. The van der Waals surface area contributed by atoms with Crippen molar-refractivity contribution < 1.29 is 0 Å². The lowest BCUT2D eigenvalue weighted by molar-refractivity contribution is 0.644. The second-order valence-corrected chi connectivity index (χ2v) is 4.87. The van der Waals surface area contributed by atoms with Gasteiger partial charge in [-0.1, -0.05) is 24.3 Å². The summed E-state index contributed by atoms with van der Waals surface area (Å²) >= 11 is 0. The summed E-state index contributed by atoms with van der Waals surface area (Å²) in [5.41, 5.74) is 10.00. The number of benzene rings is 1. The highest BCUT2D eigenvalue weighted by Gasteiger charge is 2.44. The van der Waals surface area contributed by atoms with E-state index in [-0.39, 0.29) is 5.54 Å². The zero-order valence-electron chi connectivity index (χ0n) is 8.98. The number of imidazole rings is 1. The maximum Gasteiger partial charge on any atom is 0.140 e. The Hall–Kier alpha value is -1.61. The maximum atomic E-state index is 6.26. The largest absolute Gasteiger partial charge is 0.322 e. The molecular weight excluding hydrogens is 198 g/mol. The normalized spacial score (nSPS) is 19.3. The summed E-state index contributed by atoms with van der Waals surface area (Å²) in [7, 11) is 0. The van der Waals surface area contributed by atoms with E-state index in [0.29, 0.717) is 0 Å². The molecule has 0 bridgehead atoms. The molecule has 0 saturated heterocycles. The molecule has 80 valence electrons. The van der Waals surface area contributed by atoms with Crippen LogP contribution in [-0.4, -0.2) is 9.55 Å². The van der Waals surface area contributed by atoms with Crippen LogP contribution in [0.5, 0.6) is 0 Å². The molecule has 0 unspecified atom stereocenters. The van der Waals surface area contributed by atoms with Crippen LogP contribution in [0.25, 0.3) is 11.4 Å². The molecule has 0 atom stereocenters. The van der Waals surface area contributed by atoms with Crippen molar-refractivity contribution >= 4 is 0 Å². The van der Waals surface area contributed by atoms with Crippen molar-refractivity contribution in [1.29, 1.82) is 0 Å². The number of hydrogen-bond acceptors (Lipinski definition) is 2. The van der Waals surface area contributed by atoms with Crippen molar-refractivity contribution in [3.05, 3.63) is 41.7 Å². The molecule has 0 amide bonds. The van der Waals surface area contributed by atoms with E-state index in [1.807, 2.05) is 6.20 Å². The second kappa shape index (κ2) is 2.55. The summed E-state index contributed by atoms with van der Waals surface area (Å²) in [4.78, 5) is 4.53. The molecule has 0 radical (unpaired) electrons. The Morgan fingerprint density at radius 1 is 1.25 bits per heavy atom. The quantitative estimate of drug-likeness (QED) is 0.667. The van der Waals surface area contributed by atoms with Crippen molar-refractivity contribution in [2.24, 2.45) is 5.73 Å². The van der Waals surface area contributed by atoms with Gasteiger partial charge in [-0.05, 0) is 18.4 Å². The minimum atomic E-state index is -0.0900. The molecule has 1 fully saturated rings. The van der Waals surface area contributed by atoms with Gasteiger partial charge < -0.3 is 10.3 Å². The third-order valence-corrected chi connectivity index (χ3v) is 3.74. The fourth-order valence-electron chi connectivity index (χ4n) is 2.59. The number of hydrogen-bond donors (Lipinski definition) is 1.